The normalized spacial score (nSPS) is 11.9. The lowest BCUT2D eigenvalue weighted by molar-refractivity contribution is 0.572. The van der Waals surface area contributed by atoms with Crippen molar-refractivity contribution in [2.45, 2.75) is 34.6 Å². The lowest BCUT2D eigenvalue weighted by Crippen LogP contribution is -2.05. The molecule has 2 rings (SSSR count). The van der Waals surface area contributed by atoms with Crippen LogP contribution in [0, 0.1) is 45.9 Å². The summed E-state index contributed by atoms with van der Waals surface area (Å²) in [6.45, 7) is 9.43. The average Bonchev–Trinajstić information content (AvgIpc) is 2.75. The lowest BCUT2D eigenvalue weighted by atomic mass is 10.1. The zero-order valence-corrected chi connectivity index (χ0v) is 14.2. The molecule has 0 fully saturated rings. The Bertz CT molecular complexity index is 822. The minimum atomic E-state index is 0.192. The van der Waals surface area contributed by atoms with Gasteiger partial charge in [-0.1, -0.05) is 0 Å². The number of rotatable bonds is 3. The molecule has 0 N–H and O–H groups in total. The Hall–Kier alpha value is -2.62. The number of nitriles is 1. The molecule has 23 heavy (non-hydrogen) atoms. The molecule has 2 heterocycles. The predicted molar refractivity (Wildman–Crippen MR) is 88.2 cm³/mol. The molecule has 0 aliphatic rings. The fourth-order valence-electron chi connectivity index (χ4n) is 2.43. The Morgan fingerprint density at radius 2 is 1.65 bits per heavy atom. The minimum Gasteiger partial charge on any atom is -0.566 e. The molecule has 0 aromatic carbocycles. The Balaban J connectivity index is 2.79. The van der Waals surface area contributed by atoms with E-state index in [0.717, 1.165) is 28.3 Å². The lowest BCUT2D eigenvalue weighted by Gasteiger charge is -2.12. The molecule has 0 aliphatic heterocycles. The van der Waals surface area contributed by atoms with Crippen LogP contribution in [0.5, 0.6) is 0 Å². The van der Waals surface area contributed by atoms with Gasteiger partial charge in [0.2, 0.25) is 0 Å². The highest BCUT2D eigenvalue weighted by molar-refractivity contribution is 6.06. The van der Waals surface area contributed by atoms with Crippen LogP contribution in [-0.4, -0.2) is 27.8 Å². The Morgan fingerprint density at radius 1 is 1.09 bits per heavy atom. The Morgan fingerprint density at radius 3 is 2.04 bits per heavy atom. The van der Waals surface area contributed by atoms with Gasteiger partial charge in [0.1, 0.15) is 17.4 Å². The van der Waals surface area contributed by atoms with Crippen LogP contribution in [0.3, 0.4) is 0 Å². The molecule has 0 saturated heterocycles. The van der Waals surface area contributed by atoms with E-state index in [1.807, 2.05) is 41.7 Å². The number of nitrogens with zero attached hydrogens (tertiary/aromatic N) is 5. The van der Waals surface area contributed by atoms with E-state index in [-0.39, 0.29) is 11.3 Å². The van der Waals surface area contributed by atoms with Crippen molar-refractivity contribution in [3.05, 3.63) is 39.7 Å². The first-order chi connectivity index (χ1) is 10.8. The van der Waals surface area contributed by atoms with Crippen molar-refractivity contribution in [2.24, 2.45) is 7.05 Å². The molecule has 116 valence electrons. The van der Waals surface area contributed by atoms with Crippen molar-refractivity contribution in [3.8, 4) is 6.07 Å². The fraction of sp³-hybridized carbons (Fsp3) is 0.375. The van der Waals surface area contributed by atoms with Crippen LogP contribution in [0.25, 0.3) is 11.3 Å². The van der Waals surface area contributed by atoms with Gasteiger partial charge >= 0.3 is 8.05 Å². The fourth-order valence-corrected chi connectivity index (χ4v) is 2.43. The van der Waals surface area contributed by atoms with Crippen LogP contribution in [-0.2, 0) is 11.7 Å². The van der Waals surface area contributed by atoms with Gasteiger partial charge in [-0.3, -0.25) is 4.68 Å². The molecule has 2 aromatic heterocycles. The summed E-state index contributed by atoms with van der Waals surface area (Å²) in [6, 6.07) is 2.12. The highest BCUT2D eigenvalue weighted by Gasteiger charge is 2.22. The van der Waals surface area contributed by atoms with Crippen LogP contribution in [0.2, 0.25) is 0 Å². The molecular formula is C16H18BN5O. The van der Waals surface area contributed by atoms with Gasteiger partial charge in [-0.05, 0) is 40.2 Å². The van der Waals surface area contributed by atoms with E-state index in [4.69, 9.17) is 12.7 Å². The van der Waals surface area contributed by atoms with E-state index in [1.54, 1.807) is 4.68 Å². The van der Waals surface area contributed by atoms with Gasteiger partial charge in [-0.2, -0.15) is 10.4 Å². The number of aromatic nitrogens is 4. The number of allylic oxidation sites excluding steroid dienone is 1. The smallest absolute Gasteiger partial charge is 0.374 e. The first-order valence-corrected chi connectivity index (χ1v) is 7.15. The van der Waals surface area contributed by atoms with Gasteiger partial charge < -0.3 is 4.65 Å². The maximum absolute atomic E-state index is 9.63. The molecule has 6 nitrogen and oxygen atoms in total. The molecule has 0 aliphatic carbocycles. The first-order valence-electron chi connectivity index (χ1n) is 7.15. The summed E-state index contributed by atoms with van der Waals surface area (Å²) in [4.78, 5) is 8.82. The van der Waals surface area contributed by atoms with Gasteiger partial charge in [0.25, 0.3) is 0 Å². The van der Waals surface area contributed by atoms with Crippen LogP contribution in [0.1, 0.15) is 39.7 Å². The second kappa shape index (κ2) is 6.25. The molecule has 0 amide bonds. The molecule has 0 bridgehead atoms. The molecule has 7 heteroatoms. The monoisotopic (exact) mass is 307 g/mol. The summed E-state index contributed by atoms with van der Waals surface area (Å²) in [5.74, 6) is 0.537. The number of hydrogen-bond donors (Lipinski definition) is 0. The van der Waals surface area contributed by atoms with E-state index in [2.05, 4.69) is 21.1 Å². The van der Waals surface area contributed by atoms with Gasteiger partial charge in [-0.25, -0.2) is 9.97 Å². The second-order valence-electron chi connectivity index (χ2n) is 5.45. The predicted octanol–water partition coefficient (Wildman–Crippen LogP) is 2.24. The topological polar surface area (TPSA) is 76.6 Å². The third kappa shape index (κ3) is 2.84. The van der Waals surface area contributed by atoms with E-state index in [1.165, 1.54) is 0 Å². The molecule has 2 radical (unpaired) electrons. The maximum atomic E-state index is 9.63. The molecule has 0 saturated carbocycles. The quantitative estimate of drug-likeness (QED) is 0.494. The molecular weight excluding hydrogens is 289 g/mol. The number of hydrogen-bond acceptors (Lipinski definition) is 5. The number of aryl methyl sites for hydroxylation is 4. The summed E-state index contributed by atoms with van der Waals surface area (Å²) >= 11 is 0. The van der Waals surface area contributed by atoms with E-state index in [0.29, 0.717) is 11.4 Å². The summed E-state index contributed by atoms with van der Waals surface area (Å²) in [7, 11) is 7.29. The zero-order valence-electron chi connectivity index (χ0n) is 14.2. The molecule has 0 spiro atoms. The SMILES string of the molecule is [B]OC(=C(C#N)c1nc(C)c(C)c(C)n1)c1c(C)nn(C)c1C. The van der Waals surface area contributed by atoms with Crippen molar-refractivity contribution in [1.29, 1.82) is 5.26 Å². The van der Waals surface area contributed by atoms with Crippen molar-refractivity contribution in [2.75, 3.05) is 0 Å². The third-order valence-corrected chi connectivity index (χ3v) is 4.05. The van der Waals surface area contributed by atoms with Gasteiger partial charge in [0, 0.05) is 24.1 Å². The Kier molecular flexibility index (Phi) is 4.55. The molecule has 0 atom stereocenters. The summed E-state index contributed by atoms with van der Waals surface area (Å²) in [5.41, 5.74) is 5.07. The van der Waals surface area contributed by atoms with E-state index in [9.17, 15) is 5.26 Å². The van der Waals surface area contributed by atoms with Gasteiger partial charge in [-0.15, -0.1) is 0 Å². The van der Waals surface area contributed by atoms with E-state index < -0.39 is 0 Å². The Labute approximate surface area is 137 Å². The van der Waals surface area contributed by atoms with Crippen molar-refractivity contribution >= 4 is 19.4 Å². The van der Waals surface area contributed by atoms with Crippen molar-refractivity contribution < 1.29 is 4.65 Å². The van der Waals surface area contributed by atoms with Crippen LogP contribution in [0.4, 0.5) is 0 Å². The summed E-state index contributed by atoms with van der Waals surface area (Å²) in [5, 5.41) is 14.0. The standard InChI is InChI=1S/C16H18BN5O/c1-8-9(2)19-16(20-10(8)3)13(7-18)15(23-17)14-11(4)21-22(6)12(14)5/h1-6H3. The maximum Gasteiger partial charge on any atom is 0.374 e. The second-order valence-corrected chi connectivity index (χ2v) is 5.45. The summed E-state index contributed by atoms with van der Waals surface area (Å²) in [6.07, 6.45) is 0. The van der Waals surface area contributed by atoms with Crippen molar-refractivity contribution in [1.82, 2.24) is 19.7 Å². The molecule has 2 aromatic rings. The van der Waals surface area contributed by atoms with Gasteiger partial charge in [0.05, 0.1) is 11.3 Å². The largest absolute Gasteiger partial charge is 0.566 e. The van der Waals surface area contributed by atoms with Gasteiger partial charge in [0.15, 0.2) is 5.82 Å². The summed E-state index contributed by atoms with van der Waals surface area (Å²) < 4.78 is 6.77. The van der Waals surface area contributed by atoms with Crippen LogP contribution in [0.15, 0.2) is 0 Å². The zero-order chi connectivity index (χ0) is 17.3. The molecule has 0 unspecified atom stereocenters. The first kappa shape index (κ1) is 16.8. The average molecular weight is 307 g/mol. The highest BCUT2D eigenvalue weighted by Crippen LogP contribution is 2.29. The van der Waals surface area contributed by atoms with Crippen LogP contribution < -0.4 is 0 Å². The third-order valence-electron chi connectivity index (χ3n) is 4.05. The van der Waals surface area contributed by atoms with Crippen molar-refractivity contribution in [3.63, 3.8) is 0 Å². The minimum absolute atomic E-state index is 0.192. The highest BCUT2D eigenvalue weighted by atomic mass is 16.4. The van der Waals surface area contributed by atoms with E-state index >= 15 is 0 Å². The van der Waals surface area contributed by atoms with Crippen LogP contribution >= 0.6 is 0 Å².